The van der Waals surface area contributed by atoms with Gasteiger partial charge in [-0.3, -0.25) is 9.69 Å². The van der Waals surface area contributed by atoms with E-state index < -0.39 is 6.09 Å². The molecule has 0 radical (unpaired) electrons. The second-order valence-electron chi connectivity index (χ2n) is 5.76. The van der Waals surface area contributed by atoms with E-state index in [-0.39, 0.29) is 5.78 Å². The highest BCUT2D eigenvalue weighted by Gasteiger charge is 2.27. The molecule has 5 heteroatoms. The molecule has 0 atom stereocenters. The normalized spacial score (nSPS) is 13.1. The van der Waals surface area contributed by atoms with Crippen LogP contribution >= 0.6 is 11.8 Å². The number of fused-ring (bicyclic) bond motifs is 2. The Labute approximate surface area is 155 Å². The van der Waals surface area contributed by atoms with Crippen molar-refractivity contribution in [3.05, 3.63) is 83.4 Å². The van der Waals surface area contributed by atoms with E-state index in [2.05, 4.69) is 0 Å². The molecule has 1 aliphatic rings. The number of hydrogen-bond acceptors (Lipinski definition) is 4. The largest absolute Gasteiger partial charge is 0.452 e. The lowest BCUT2D eigenvalue weighted by Gasteiger charge is -2.25. The Balaban J connectivity index is 1.81. The predicted molar refractivity (Wildman–Crippen MR) is 104 cm³/mol. The van der Waals surface area contributed by atoms with Gasteiger partial charge >= 0.3 is 6.09 Å². The molecule has 4 nitrogen and oxygen atoms in total. The smallest absolute Gasteiger partial charge is 0.418 e. The molecule has 0 N–H and O–H groups in total. The summed E-state index contributed by atoms with van der Waals surface area (Å²) in [5.74, 6) is -0.116. The van der Waals surface area contributed by atoms with Gasteiger partial charge in [-0.2, -0.15) is 0 Å². The maximum atomic E-state index is 13.2. The van der Waals surface area contributed by atoms with Crippen molar-refractivity contribution in [1.82, 2.24) is 0 Å². The maximum absolute atomic E-state index is 13.2. The van der Waals surface area contributed by atoms with E-state index in [0.29, 0.717) is 16.2 Å². The monoisotopic (exact) mass is 361 g/mol. The molecule has 1 amide bonds. The van der Waals surface area contributed by atoms with Gasteiger partial charge in [0.15, 0.2) is 0 Å². The summed E-state index contributed by atoms with van der Waals surface area (Å²) in [5, 5.41) is 1.90. The second-order valence-corrected chi connectivity index (χ2v) is 6.84. The number of hydrogen-bond donors (Lipinski definition) is 0. The van der Waals surface area contributed by atoms with Gasteiger partial charge in [0.1, 0.15) is 0 Å². The van der Waals surface area contributed by atoms with Gasteiger partial charge in [-0.15, -0.1) is 0 Å². The predicted octanol–water partition coefficient (Wildman–Crippen LogP) is 5.24. The highest BCUT2D eigenvalue weighted by atomic mass is 32.2. The summed E-state index contributed by atoms with van der Waals surface area (Å²) in [5.41, 5.74) is 1.32. The van der Waals surface area contributed by atoms with Crippen LogP contribution in [0.3, 0.4) is 0 Å². The minimum atomic E-state index is -0.527. The fraction of sp³-hybridized carbons (Fsp3) is 0.0476. The molecular formula is C21H15NO3S. The number of ether oxygens (including phenoxy) is 1. The van der Waals surface area contributed by atoms with Crippen LogP contribution in [0.4, 0.5) is 10.5 Å². The average molecular weight is 361 g/mol. The fourth-order valence-electron chi connectivity index (χ4n) is 2.98. The van der Waals surface area contributed by atoms with Gasteiger partial charge in [-0.25, -0.2) is 4.79 Å². The van der Waals surface area contributed by atoms with Crippen LogP contribution in [0.5, 0.6) is 0 Å². The number of anilines is 1. The third-order valence-electron chi connectivity index (χ3n) is 4.22. The van der Waals surface area contributed by atoms with E-state index in [1.165, 1.54) is 23.8 Å². The molecule has 0 saturated carbocycles. The molecule has 0 aromatic heterocycles. The minimum Gasteiger partial charge on any atom is -0.452 e. The molecular weight excluding hydrogens is 346 g/mol. The number of methoxy groups -OCH3 is 1. The molecule has 0 unspecified atom stereocenters. The molecule has 1 heterocycles. The van der Waals surface area contributed by atoms with Crippen LogP contribution in [0.2, 0.25) is 0 Å². The highest BCUT2D eigenvalue weighted by Crippen LogP contribution is 2.41. The lowest BCUT2D eigenvalue weighted by atomic mass is 10.0. The zero-order valence-corrected chi connectivity index (χ0v) is 14.8. The number of para-hydroxylation sites is 1. The summed E-state index contributed by atoms with van der Waals surface area (Å²) >= 11 is 1.36. The number of allylic oxidation sites excluding steroid dienone is 1. The van der Waals surface area contributed by atoms with Crippen molar-refractivity contribution in [3.63, 3.8) is 0 Å². The van der Waals surface area contributed by atoms with Gasteiger partial charge in [-0.1, -0.05) is 66.4 Å². The lowest BCUT2D eigenvalue weighted by molar-refractivity contribution is 0.104. The second kappa shape index (κ2) is 6.69. The van der Waals surface area contributed by atoms with Gasteiger partial charge in [0.2, 0.25) is 5.78 Å². The molecule has 0 aliphatic carbocycles. The summed E-state index contributed by atoms with van der Waals surface area (Å²) < 4.78 is 4.87. The Hall–Kier alpha value is -3.05. The maximum Gasteiger partial charge on any atom is 0.418 e. The van der Waals surface area contributed by atoms with E-state index in [1.807, 2.05) is 66.7 Å². The first-order valence-electron chi connectivity index (χ1n) is 8.07. The molecule has 3 aromatic rings. The summed E-state index contributed by atoms with van der Waals surface area (Å²) in [6.07, 6.45) is 1.03. The molecule has 0 fully saturated rings. The molecule has 26 heavy (non-hydrogen) atoms. The van der Waals surface area contributed by atoms with Gasteiger partial charge in [0, 0.05) is 16.7 Å². The van der Waals surface area contributed by atoms with Crippen molar-refractivity contribution in [2.45, 2.75) is 4.90 Å². The van der Waals surface area contributed by atoms with Crippen LogP contribution in [0, 0.1) is 0 Å². The number of carbonyl (C=O) groups excluding carboxylic acids is 2. The first-order chi connectivity index (χ1) is 12.7. The van der Waals surface area contributed by atoms with Crippen LogP contribution in [0.15, 0.2) is 82.7 Å². The summed E-state index contributed by atoms with van der Waals surface area (Å²) in [6, 6.07) is 20.9. The Morgan fingerprint density at radius 1 is 0.923 bits per heavy atom. The number of nitrogens with zero attached hydrogens (tertiary/aromatic N) is 1. The first kappa shape index (κ1) is 16.4. The fourth-order valence-corrected chi connectivity index (χ4v) is 4.00. The number of benzene rings is 3. The third kappa shape index (κ3) is 2.76. The van der Waals surface area contributed by atoms with Crippen LogP contribution in [0.1, 0.15) is 10.4 Å². The number of amides is 1. The van der Waals surface area contributed by atoms with E-state index in [1.54, 1.807) is 6.20 Å². The standard InChI is InChI=1S/C21H15NO3S/c1-25-21(24)22-13-19(26-18-12-5-4-11-17(18)22)20(23)16-10-6-8-14-7-2-3-9-15(14)16/h2-13H,1H3. The number of rotatable bonds is 2. The first-order valence-corrected chi connectivity index (χ1v) is 8.89. The number of carbonyl (C=O) groups is 2. The summed E-state index contributed by atoms with van der Waals surface area (Å²) in [7, 11) is 1.33. The molecule has 1 aliphatic heterocycles. The average Bonchev–Trinajstić information content (AvgIpc) is 2.71. The van der Waals surface area contributed by atoms with Crippen molar-refractivity contribution < 1.29 is 14.3 Å². The van der Waals surface area contributed by atoms with E-state index >= 15 is 0 Å². The van der Waals surface area contributed by atoms with Gasteiger partial charge in [-0.05, 0) is 22.9 Å². The summed E-state index contributed by atoms with van der Waals surface area (Å²) in [4.78, 5) is 28.1. The van der Waals surface area contributed by atoms with Crippen LogP contribution in [0.25, 0.3) is 10.8 Å². The number of thioether (sulfide) groups is 1. The third-order valence-corrected chi connectivity index (χ3v) is 5.30. The Kier molecular flexibility index (Phi) is 4.22. The van der Waals surface area contributed by atoms with Crippen molar-refractivity contribution in [2.75, 3.05) is 12.0 Å². The van der Waals surface area contributed by atoms with E-state index in [4.69, 9.17) is 4.74 Å². The van der Waals surface area contributed by atoms with Gasteiger partial charge < -0.3 is 4.74 Å². The minimum absolute atomic E-state index is 0.116. The SMILES string of the molecule is COC(=O)N1C=C(C(=O)c2cccc3ccccc23)Sc2ccccc21. The topological polar surface area (TPSA) is 46.6 Å². The van der Waals surface area contributed by atoms with Crippen molar-refractivity contribution in [2.24, 2.45) is 0 Å². The van der Waals surface area contributed by atoms with Crippen LogP contribution in [-0.2, 0) is 4.74 Å². The Morgan fingerprint density at radius 2 is 1.65 bits per heavy atom. The van der Waals surface area contributed by atoms with Crippen LogP contribution < -0.4 is 4.90 Å². The van der Waals surface area contributed by atoms with Crippen molar-refractivity contribution in [3.8, 4) is 0 Å². The summed E-state index contributed by atoms with van der Waals surface area (Å²) in [6.45, 7) is 0. The van der Waals surface area contributed by atoms with Crippen molar-refractivity contribution in [1.29, 1.82) is 0 Å². The molecule has 3 aromatic carbocycles. The molecule has 128 valence electrons. The molecule has 0 bridgehead atoms. The Morgan fingerprint density at radius 3 is 2.50 bits per heavy atom. The quantitative estimate of drug-likeness (QED) is 0.586. The molecule has 4 rings (SSSR count). The van der Waals surface area contributed by atoms with Gasteiger partial charge in [0.25, 0.3) is 0 Å². The van der Waals surface area contributed by atoms with E-state index in [9.17, 15) is 9.59 Å². The molecule has 0 saturated heterocycles. The molecule has 0 spiro atoms. The highest BCUT2D eigenvalue weighted by molar-refractivity contribution is 8.04. The zero-order chi connectivity index (χ0) is 18.1. The van der Waals surface area contributed by atoms with Crippen molar-refractivity contribution >= 4 is 40.1 Å². The number of Topliss-reactive ketones (excluding diaryl/α,β-unsaturated/α-hetero) is 1. The lowest BCUT2D eigenvalue weighted by Crippen LogP contribution is -2.28. The van der Waals surface area contributed by atoms with Crippen LogP contribution in [-0.4, -0.2) is 19.0 Å². The zero-order valence-electron chi connectivity index (χ0n) is 14.0. The number of ketones is 1. The Bertz CT molecular complexity index is 1050. The van der Waals surface area contributed by atoms with E-state index in [0.717, 1.165) is 15.7 Å². The van der Waals surface area contributed by atoms with Gasteiger partial charge in [0.05, 0.1) is 17.7 Å².